The van der Waals surface area contributed by atoms with Crippen LogP contribution in [0.1, 0.15) is 38.2 Å². The second kappa shape index (κ2) is 9.38. The maximum Gasteiger partial charge on any atom is 0.319 e. The van der Waals surface area contributed by atoms with Crippen LogP contribution in [0.2, 0.25) is 0 Å². The topological polar surface area (TPSA) is 68.2 Å². The van der Waals surface area contributed by atoms with Crippen molar-refractivity contribution in [2.75, 3.05) is 18.5 Å². The molecule has 1 fully saturated rings. The van der Waals surface area contributed by atoms with Gasteiger partial charge in [-0.2, -0.15) is 0 Å². The third-order valence-electron chi connectivity index (χ3n) is 4.86. The number of nitrogens with zero attached hydrogens (tertiary/aromatic N) is 2. The Hall–Kier alpha value is -2.34. The van der Waals surface area contributed by atoms with Gasteiger partial charge in [-0.15, -0.1) is 0 Å². The molecule has 0 spiro atoms. The highest BCUT2D eigenvalue weighted by atomic mass is 16.5. The first-order valence-electron chi connectivity index (χ1n) is 9.42. The molecule has 1 heterocycles. The van der Waals surface area contributed by atoms with Gasteiger partial charge in [0, 0.05) is 31.2 Å². The van der Waals surface area contributed by atoms with Gasteiger partial charge in [-0.1, -0.05) is 31.9 Å². The Balaban J connectivity index is 1.39. The first-order chi connectivity index (χ1) is 12.7. The van der Waals surface area contributed by atoms with Crippen LogP contribution in [0.5, 0.6) is 0 Å². The molecule has 6 nitrogen and oxygen atoms in total. The summed E-state index contributed by atoms with van der Waals surface area (Å²) in [5.74, 6) is 0.621. The van der Waals surface area contributed by atoms with E-state index < -0.39 is 0 Å². The summed E-state index contributed by atoms with van der Waals surface area (Å²) in [6.07, 6.45) is 10.7. The number of hydrogen-bond donors (Lipinski definition) is 2. The molecule has 2 N–H and O–H groups in total. The second-order valence-electron chi connectivity index (χ2n) is 6.99. The molecule has 0 unspecified atom stereocenters. The minimum Gasteiger partial charge on any atom is -0.376 e. The van der Waals surface area contributed by atoms with Gasteiger partial charge in [-0.3, -0.25) is 0 Å². The summed E-state index contributed by atoms with van der Waals surface area (Å²) in [6, 6.07) is 7.62. The molecular formula is C20H28N4O2. The third-order valence-corrected chi connectivity index (χ3v) is 4.86. The highest BCUT2D eigenvalue weighted by Crippen LogP contribution is 2.25. The maximum absolute atomic E-state index is 12.1. The molecule has 1 aromatic carbocycles. The maximum atomic E-state index is 12.1. The number of urea groups is 1. The van der Waals surface area contributed by atoms with E-state index in [1.165, 1.54) is 19.3 Å². The van der Waals surface area contributed by atoms with Crippen LogP contribution in [-0.2, 0) is 11.3 Å². The molecule has 26 heavy (non-hydrogen) atoms. The Labute approximate surface area is 155 Å². The standard InChI is InChI=1S/C20H28N4O2/c1-16-5-2-3-8-19(16)26-12-10-22-20(25)23-18-7-4-6-17(13-18)14-24-11-9-21-15-24/h4,6-7,9,11,13,15-16,19H,2-3,5,8,10,12,14H2,1H3,(H2,22,23,25)/t16-,19-/m1/s1. The van der Waals surface area contributed by atoms with Crippen molar-refractivity contribution < 1.29 is 9.53 Å². The highest BCUT2D eigenvalue weighted by molar-refractivity contribution is 5.89. The zero-order valence-electron chi connectivity index (χ0n) is 15.4. The van der Waals surface area contributed by atoms with Crippen LogP contribution in [-0.4, -0.2) is 34.8 Å². The number of carbonyl (C=O) groups excluding carboxylic acids is 1. The van der Waals surface area contributed by atoms with E-state index in [2.05, 4.69) is 22.5 Å². The third kappa shape index (κ3) is 5.59. The largest absolute Gasteiger partial charge is 0.376 e. The van der Waals surface area contributed by atoms with Crippen LogP contribution in [0.15, 0.2) is 43.0 Å². The molecular weight excluding hydrogens is 328 g/mol. The van der Waals surface area contributed by atoms with Crippen LogP contribution in [0, 0.1) is 5.92 Å². The average Bonchev–Trinajstić information content (AvgIpc) is 3.13. The summed E-state index contributed by atoms with van der Waals surface area (Å²) in [5, 5.41) is 5.74. The second-order valence-corrected chi connectivity index (χ2v) is 6.99. The number of hydrogen-bond acceptors (Lipinski definition) is 3. The highest BCUT2D eigenvalue weighted by Gasteiger charge is 2.21. The summed E-state index contributed by atoms with van der Waals surface area (Å²) in [4.78, 5) is 16.1. The lowest BCUT2D eigenvalue weighted by molar-refractivity contribution is -0.00232. The first kappa shape index (κ1) is 18.5. The lowest BCUT2D eigenvalue weighted by Gasteiger charge is -2.28. The molecule has 140 valence electrons. The Morgan fingerprint density at radius 2 is 2.23 bits per heavy atom. The summed E-state index contributed by atoms with van der Waals surface area (Å²) in [6.45, 7) is 4.05. The minimum absolute atomic E-state index is 0.204. The van der Waals surface area contributed by atoms with Crippen molar-refractivity contribution in [3.8, 4) is 0 Å². The summed E-state index contributed by atoms with van der Waals surface area (Å²) in [7, 11) is 0. The zero-order valence-corrected chi connectivity index (χ0v) is 15.4. The fraction of sp³-hybridized carbons (Fsp3) is 0.500. The molecule has 1 saturated carbocycles. The average molecular weight is 356 g/mol. The molecule has 3 rings (SSSR count). The molecule has 2 atom stereocenters. The van der Waals surface area contributed by atoms with E-state index in [0.717, 1.165) is 24.2 Å². The van der Waals surface area contributed by atoms with Gasteiger partial charge in [-0.25, -0.2) is 9.78 Å². The van der Waals surface area contributed by atoms with E-state index >= 15 is 0 Å². The summed E-state index contributed by atoms with van der Waals surface area (Å²) >= 11 is 0. The SMILES string of the molecule is C[C@@H]1CCCC[C@H]1OCCNC(=O)Nc1cccc(Cn2ccnc2)c1. The molecule has 0 radical (unpaired) electrons. The van der Waals surface area contributed by atoms with Crippen LogP contribution in [0.3, 0.4) is 0 Å². The lowest BCUT2D eigenvalue weighted by atomic mass is 9.88. The van der Waals surface area contributed by atoms with Crippen molar-refractivity contribution in [1.29, 1.82) is 0 Å². The Kier molecular flexibility index (Phi) is 6.66. The Bertz CT molecular complexity index is 687. The fourth-order valence-electron chi connectivity index (χ4n) is 3.42. The first-order valence-corrected chi connectivity index (χ1v) is 9.42. The van der Waals surface area contributed by atoms with E-state index in [1.54, 1.807) is 12.5 Å². The number of amides is 2. The van der Waals surface area contributed by atoms with Gasteiger partial charge in [0.25, 0.3) is 0 Å². The molecule has 1 aliphatic rings. The van der Waals surface area contributed by atoms with Gasteiger partial charge in [-0.05, 0) is 36.5 Å². The van der Waals surface area contributed by atoms with E-state index in [1.807, 2.05) is 35.0 Å². The van der Waals surface area contributed by atoms with E-state index in [9.17, 15) is 4.79 Å². The van der Waals surface area contributed by atoms with Gasteiger partial charge >= 0.3 is 6.03 Å². The summed E-state index contributed by atoms with van der Waals surface area (Å²) in [5.41, 5.74) is 1.89. The molecule has 1 aromatic heterocycles. The van der Waals surface area contributed by atoms with Crippen molar-refractivity contribution in [2.24, 2.45) is 5.92 Å². The normalized spacial score (nSPS) is 19.9. The number of rotatable bonds is 7. The summed E-state index contributed by atoms with van der Waals surface area (Å²) < 4.78 is 7.91. The molecule has 0 bridgehead atoms. The number of benzene rings is 1. The van der Waals surface area contributed by atoms with Gasteiger partial charge in [0.05, 0.1) is 19.0 Å². The molecule has 2 aromatic rings. The predicted octanol–water partition coefficient (Wildman–Crippen LogP) is 3.65. The number of ether oxygens (including phenoxy) is 1. The Morgan fingerprint density at radius 3 is 3.04 bits per heavy atom. The van der Waals surface area contributed by atoms with Crippen molar-refractivity contribution >= 4 is 11.7 Å². The number of imidazole rings is 1. The Morgan fingerprint density at radius 1 is 1.35 bits per heavy atom. The molecule has 6 heteroatoms. The van der Waals surface area contributed by atoms with Crippen molar-refractivity contribution in [2.45, 2.75) is 45.3 Å². The van der Waals surface area contributed by atoms with Crippen LogP contribution in [0.4, 0.5) is 10.5 Å². The van der Waals surface area contributed by atoms with E-state index in [-0.39, 0.29) is 6.03 Å². The quantitative estimate of drug-likeness (QED) is 0.744. The van der Waals surface area contributed by atoms with Crippen LogP contribution < -0.4 is 10.6 Å². The number of nitrogens with one attached hydrogen (secondary N) is 2. The van der Waals surface area contributed by atoms with E-state index in [4.69, 9.17) is 4.74 Å². The fourth-order valence-corrected chi connectivity index (χ4v) is 3.42. The minimum atomic E-state index is -0.204. The van der Waals surface area contributed by atoms with Crippen molar-refractivity contribution in [3.63, 3.8) is 0 Å². The molecule has 0 saturated heterocycles. The number of carbonyl (C=O) groups is 1. The number of anilines is 1. The van der Waals surface area contributed by atoms with Crippen molar-refractivity contribution in [3.05, 3.63) is 48.5 Å². The lowest BCUT2D eigenvalue weighted by Crippen LogP contribution is -2.34. The molecule has 2 amide bonds. The van der Waals surface area contributed by atoms with Crippen molar-refractivity contribution in [1.82, 2.24) is 14.9 Å². The molecule has 1 aliphatic carbocycles. The monoisotopic (exact) mass is 356 g/mol. The van der Waals surface area contributed by atoms with Crippen LogP contribution in [0.25, 0.3) is 0 Å². The van der Waals surface area contributed by atoms with Crippen LogP contribution >= 0.6 is 0 Å². The van der Waals surface area contributed by atoms with Gasteiger partial charge in [0.2, 0.25) is 0 Å². The number of aromatic nitrogens is 2. The van der Waals surface area contributed by atoms with Gasteiger partial charge < -0.3 is 19.9 Å². The smallest absolute Gasteiger partial charge is 0.319 e. The van der Waals surface area contributed by atoms with Gasteiger partial charge in [0.1, 0.15) is 0 Å². The van der Waals surface area contributed by atoms with Gasteiger partial charge in [0.15, 0.2) is 0 Å². The van der Waals surface area contributed by atoms with E-state index in [0.29, 0.717) is 25.2 Å². The predicted molar refractivity (Wildman–Crippen MR) is 102 cm³/mol. The zero-order chi connectivity index (χ0) is 18.2. The molecule has 0 aliphatic heterocycles.